The normalized spacial score (nSPS) is 12.4. The number of nitrogens with zero attached hydrogens (tertiary/aromatic N) is 1. The monoisotopic (exact) mass is 250 g/mol. The van der Waals surface area contributed by atoms with Gasteiger partial charge in [0.15, 0.2) is 0 Å². The highest BCUT2D eigenvalue weighted by Gasteiger charge is 2.11. The average molecular weight is 250 g/mol. The summed E-state index contributed by atoms with van der Waals surface area (Å²) >= 11 is 1.68. The van der Waals surface area contributed by atoms with Crippen LogP contribution in [0.15, 0.2) is 23.7 Å². The quantitative estimate of drug-likeness (QED) is 0.848. The second-order valence-electron chi connectivity index (χ2n) is 3.82. The van der Waals surface area contributed by atoms with E-state index < -0.39 is 0 Å². The van der Waals surface area contributed by atoms with Crippen LogP contribution in [0.1, 0.15) is 13.3 Å². The van der Waals surface area contributed by atoms with Crippen LogP contribution in [0, 0.1) is 0 Å². The maximum absolute atomic E-state index is 11.1. The number of hydrogen-bond donors (Lipinski definition) is 1. The van der Waals surface area contributed by atoms with Crippen LogP contribution in [0.4, 0.5) is 5.82 Å². The minimum absolute atomic E-state index is 0.000417. The molecular formula is C12H14N2O2S. The van der Waals surface area contributed by atoms with Crippen molar-refractivity contribution >= 4 is 33.2 Å². The number of methoxy groups -OCH3 is 1. The van der Waals surface area contributed by atoms with Gasteiger partial charge < -0.3 is 10.1 Å². The van der Waals surface area contributed by atoms with E-state index in [0.717, 1.165) is 11.2 Å². The van der Waals surface area contributed by atoms with Gasteiger partial charge in [0.05, 0.1) is 13.5 Å². The van der Waals surface area contributed by atoms with Gasteiger partial charge in [-0.1, -0.05) is 0 Å². The first-order chi connectivity index (χ1) is 8.20. The van der Waals surface area contributed by atoms with Crippen molar-refractivity contribution < 1.29 is 9.53 Å². The van der Waals surface area contributed by atoms with Crippen LogP contribution in [0.25, 0.3) is 10.1 Å². The lowest BCUT2D eigenvalue weighted by Gasteiger charge is -2.13. The van der Waals surface area contributed by atoms with Crippen molar-refractivity contribution in [2.24, 2.45) is 0 Å². The number of aromatic nitrogens is 1. The van der Waals surface area contributed by atoms with Gasteiger partial charge in [0, 0.05) is 22.3 Å². The number of fused-ring (bicyclic) bond motifs is 1. The molecule has 0 spiro atoms. The molecule has 0 saturated carbocycles. The Morgan fingerprint density at radius 1 is 1.59 bits per heavy atom. The minimum atomic E-state index is -0.220. The van der Waals surface area contributed by atoms with Gasteiger partial charge in [-0.15, -0.1) is 11.3 Å². The summed E-state index contributed by atoms with van der Waals surface area (Å²) in [6.45, 7) is 1.93. The van der Waals surface area contributed by atoms with Gasteiger partial charge in [0.25, 0.3) is 0 Å². The minimum Gasteiger partial charge on any atom is -0.469 e. The number of rotatable bonds is 4. The van der Waals surface area contributed by atoms with Crippen molar-refractivity contribution in [3.8, 4) is 0 Å². The lowest BCUT2D eigenvalue weighted by Crippen LogP contribution is -2.20. The molecule has 0 aromatic carbocycles. The fraction of sp³-hybridized carbons (Fsp3) is 0.333. The van der Waals surface area contributed by atoms with Crippen LogP contribution < -0.4 is 5.32 Å². The number of ether oxygens (including phenoxy) is 1. The second kappa shape index (κ2) is 5.14. The molecule has 1 unspecified atom stereocenters. The van der Waals surface area contributed by atoms with Gasteiger partial charge in [0.2, 0.25) is 0 Å². The van der Waals surface area contributed by atoms with Crippen LogP contribution in [0.5, 0.6) is 0 Å². The lowest BCUT2D eigenvalue weighted by atomic mass is 10.2. The molecule has 0 aliphatic rings. The van der Waals surface area contributed by atoms with E-state index in [9.17, 15) is 4.79 Å². The van der Waals surface area contributed by atoms with E-state index in [1.807, 2.05) is 24.4 Å². The molecule has 17 heavy (non-hydrogen) atoms. The molecule has 4 nitrogen and oxygen atoms in total. The number of anilines is 1. The van der Waals surface area contributed by atoms with Gasteiger partial charge in [-0.2, -0.15) is 0 Å². The Morgan fingerprint density at radius 2 is 2.41 bits per heavy atom. The molecule has 0 bridgehead atoms. The Labute approximate surface area is 104 Å². The Bertz CT molecular complexity index is 524. The molecule has 0 amide bonds. The molecule has 2 rings (SSSR count). The fourth-order valence-corrected chi connectivity index (χ4v) is 2.41. The largest absolute Gasteiger partial charge is 0.469 e. The first-order valence-electron chi connectivity index (χ1n) is 5.36. The van der Waals surface area contributed by atoms with E-state index in [1.54, 1.807) is 17.5 Å². The third-order valence-corrected chi connectivity index (χ3v) is 3.35. The topological polar surface area (TPSA) is 51.2 Å². The van der Waals surface area contributed by atoms with E-state index in [2.05, 4.69) is 15.0 Å². The lowest BCUT2D eigenvalue weighted by molar-refractivity contribution is -0.140. The molecule has 1 atom stereocenters. The van der Waals surface area contributed by atoms with Gasteiger partial charge in [-0.25, -0.2) is 4.98 Å². The van der Waals surface area contributed by atoms with Gasteiger partial charge in [-0.05, 0) is 24.4 Å². The molecule has 2 aromatic heterocycles. The highest BCUT2D eigenvalue weighted by Crippen LogP contribution is 2.26. The molecule has 90 valence electrons. The second-order valence-corrected chi connectivity index (χ2v) is 4.77. The molecule has 0 aliphatic heterocycles. The Kier molecular flexibility index (Phi) is 3.58. The summed E-state index contributed by atoms with van der Waals surface area (Å²) in [6, 6.07) is 4.01. The summed E-state index contributed by atoms with van der Waals surface area (Å²) in [5.41, 5.74) is 0. The first-order valence-corrected chi connectivity index (χ1v) is 6.24. The average Bonchev–Trinajstić information content (AvgIpc) is 2.78. The van der Waals surface area contributed by atoms with Gasteiger partial charge in [0.1, 0.15) is 5.82 Å². The zero-order valence-electron chi connectivity index (χ0n) is 9.77. The molecular weight excluding hydrogens is 236 g/mol. The molecule has 5 heteroatoms. The SMILES string of the molecule is COC(=O)CC(C)Nc1nccc2sccc12. The smallest absolute Gasteiger partial charge is 0.307 e. The Balaban J connectivity index is 2.12. The highest BCUT2D eigenvalue weighted by atomic mass is 32.1. The summed E-state index contributed by atoms with van der Waals surface area (Å²) in [5, 5.41) is 6.35. The third-order valence-electron chi connectivity index (χ3n) is 2.46. The number of hydrogen-bond acceptors (Lipinski definition) is 5. The Morgan fingerprint density at radius 3 is 3.18 bits per heavy atom. The predicted octanol–water partition coefficient (Wildman–Crippen LogP) is 2.66. The maximum Gasteiger partial charge on any atom is 0.307 e. The van der Waals surface area contributed by atoms with Crippen molar-refractivity contribution in [2.75, 3.05) is 12.4 Å². The first kappa shape index (κ1) is 11.9. The van der Waals surface area contributed by atoms with Crippen molar-refractivity contribution in [1.82, 2.24) is 4.98 Å². The fourth-order valence-electron chi connectivity index (χ4n) is 1.63. The maximum atomic E-state index is 11.1. The molecule has 2 heterocycles. The van der Waals surface area contributed by atoms with Crippen molar-refractivity contribution in [3.63, 3.8) is 0 Å². The van der Waals surface area contributed by atoms with Crippen LogP contribution >= 0.6 is 11.3 Å². The van der Waals surface area contributed by atoms with Crippen molar-refractivity contribution in [1.29, 1.82) is 0 Å². The third kappa shape index (κ3) is 2.74. The predicted molar refractivity (Wildman–Crippen MR) is 69.3 cm³/mol. The molecule has 2 aromatic rings. The summed E-state index contributed by atoms with van der Waals surface area (Å²) in [6.07, 6.45) is 2.10. The zero-order valence-corrected chi connectivity index (χ0v) is 10.6. The van der Waals surface area contributed by atoms with E-state index >= 15 is 0 Å². The number of nitrogens with one attached hydrogen (secondary N) is 1. The molecule has 1 N–H and O–H groups in total. The molecule has 0 fully saturated rings. The number of carbonyl (C=O) groups excluding carboxylic acids is 1. The van der Waals surface area contributed by atoms with Crippen LogP contribution in [-0.4, -0.2) is 24.1 Å². The van der Waals surface area contributed by atoms with E-state index in [1.165, 1.54) is 11.8 Å². The number of esters is 1. The number of carbonyl (C=O) groups is 1. The summed E-state index contributed by atoms with van der Waals surface area (Å²) < 4.78 is 5.82. The summed E-state index contributed by atoms with van der Waals surface area (Å²) in [4.78, 5) is 15.4. The number of pyridine rings is 1. The van der Waals surface area contributed by atoms with Crippen LogP contribution in [0.2, 0.25) is 0 Å². The standard InChI is InChI=1S/C12H14N2O2S/c1-8(7-11(15)16-2)14-12-9-4-6-17-10(9)3-5-13-12/h3-6,8H,7H2,1-2H3,(H,13,14). The van der Waals surface area contributed by atoms with Gasteiger partial charge >= 0.3 is 5.97 Å². The van der Waals surface area contributed by atoms with Crippen LogP contribution in [0.3, 0.4) is 0 Å². The van der Waals surface area contributed by atoms with E-state index in [0.29, 0.717) is 6.42 Å². The molecule has 0 radical (unpaired) electrons. The molecule has 0 aliphatic carbocycles. The summed E-state index contributed by atoms with van der Waals surface area (Å²) in [5.74, 6) is 0.600. The van der Waals surface area contributed by atoms with E-state index in [4.69, 9.17) is 0 Å². The van der Waals surface area contributed by atoms with Gasteiger partial charge in [-0.3, -0.25) is 4.79 Å². The van der Waals surface area contributed by atoms with E-state index in [-0.39, 0.29) is 12.0 Å². The summed E-state index contributed by atoms with van der Waals surface area (Å²) in [7, 11) is 1.40. The van der Waals surface area contributed by atoms with Crippen molar-refractivity contribution in [3.05, 3.63) is 23.7 Å². The van der Waals surface area contributed by atoms with Crippen molar-refractivity contribution in [2.45, 2.75) is 19.4 Å². The zero-order chi connectivity index (χ0) is 12.3. The number of thiophene rings is 1. The Hall–Kier alpha value is -1.62. The highest BCUT2D eigenvalue weighted by molar-refractivity contribution is 7.17. The molecule has 0 saturated heterocycles. The van der Waals surface area contributed by atoms with Crippen LogP contribution in [-0.2, 0) is 9.53 Å².